The minimum Gasteiger partial charge on any atom is -0.369 e. The Balaban J connectivity index is 2.00. The molecule has 27 heavy (non-hydrogen) atoms. The number of nitrogens with one attached hydrogen (secondary N) is 1. The summed E-state index contributed by atoms with van der Waals surface area (Å²) in [4.78, 5) is 31.0. The van der Waals surface area contributed by atoms with Crippen LogP contribution in [0, 0.1) is 13.8 Å². The highest BCUT2D eigenvalue weighted by Crippen LogP contribution is 2.35. The van der Waals surface area contributed by atoms with E-state index < -0.39 is 0 Å². The molecule has 0 radical (unpaired) electrons. The number of carbonyl (C=O) groups is 2. The number of fused-ring (bicyclic) bond motifs is 1. The maximum atomic E-state index is 12.0. The van der Waals surface area contributed by atoms with Gasteiger partial charge in [-0.3, -0.25) is 9.59 Å². The maximum Gasteiger partial charge on any atom is 0.246 e. The largest absolute Gasteiger partial charge is 0.369 e. The summed E-state index contributed by atoms with van der Waals surface area (Å²) >= 11 is 0. The Labute approximate surface area is 160 Å². The fraction of sp³-hybridized carbons (Fsp3) is 0.429. The Bertz CT molecular complexity index is 899. The molecule has 0 aliphatic carbocycles. The molecule has 2 heterocycles. The molecule has 3 rings (SSSR count). The zero-order valence-corrected chi connectivity index (χ0v) is 16.3. The molecule has 1 unspecified atom stereocenters. The molecule has 6 nitrogen and oxygen atoms in total. The first-order valence-corrected chi connectivity index (χ1v) is 9.36. The van der Waals surface area contributed by atoms with Crippen molar-refractivity contribution in [2.75, 3.05) is 25.0 Å². The van der Waals surface area contributed by atoms with Crippen LogP contribution in [0.4, 0.5) is 5.69 Å². The van der Waals surface area contributed by atoms with E-state index in [1.807, 2.05) is 20.0 Å². The summed E-state index contributed by atoms with van der Waals surface area (Å²) in [5.41, 5.74) is 10.8. The Morgan fingerprint density at radius 1 is 1.41 bits per heavy atom. The number of aryl methyl sites for hydroxylation is 2. The van der Waals surface area contributed by atoms with E-state index in [2.05, 4.69) is 29.5 Å². The topological polar surface area (TPSA) is 82.4 Å². The van der Waals surface area contributed by atoms with Gasteiger partial charge in [0.1, 0.15) is 0 Å². The average Bonchev–Trinajstić information content (AvgIpc) is 2.96. The van der Waals surface area contributed by atoms with Crippen molar-refractivity contribution in [3.8, 4) is 0 Å². The number of H-pyrrole nitrogens is 1. The lowest BCUT2D eigenvalue weighted by molar-refractivity contribution is -0.126. The van der Waals surface area contributed by atoms with Crippen molar-refractivity contribution in [3.05, 3.63) is 41.6 Å². The SMILES string of the molecule is C=CC(=O)N(C)C1CCCN(c2ccc(CC(N)=O)c3[nH]c(C)c(C)c23)C1. The standard InChI is InChI=1S/C21H28N4O2/c1-5-19(27)24(4)16-7-6-10-25(12-16)17-9-8-15(11-18(22)26)21-20(17)13(2)14(3)23-21/h5,8-9,16,23H,1,6-7,10-12H2,2-4H3,(H2,22,26). The molecule has 1 aliphatic heterocycles. The molecule has 0 spiro atoms. The third-order valence-corrected chi connectivity index (χ3v) is 5.69. The van der Waals surface area contributed by atoms with Crippen LogP contribution in [-0.4, -0.2) is 47.9 Å². The number of hydrogen-bond donors (Lipinski definition) is 2. The molecule has 1 atom stereocenters. The van der Waals surface area contributed by atoms with Gasteiger partial charge in [0, 0.05) is 42.9 Å². The van der Waals surface area contributed by atoms with Gasteiger partial charge in [-0.2, -0.15) is 0 Å². The molecule has 144 valence electrons. The molecule has 1 aromatic heterocycles. The van der Waals surface area contributed by atoms with Gasteiger partial charge < -0.3 is 20.5 Å². The van der Waals surface area contributed by atoms with E-state index in [-0.39, 0.29) is 24.3 Å². The lowest BCUT2D eigenvalue weighted by Gasteiger charge is -2.39. The normalized spacial score (nSPS) is 17.1. The molecule has 2 aromatic rings. The molecule has 1 fully saturated rings. The second kappa shape index (κ2) is 7.47. The number of aromatic nitrogens is 1. The highest BCUT2D eigenvalue weighted by molar-refractivity contribution is 5.99. The molecule has 3 N–H and O–H groups in total. The van der Waals surface area contributed by atoms with Crippen molar-refractivity contribution in [2.24, 2.45) is 5.73 Å². The first-order chi connectivity index (χ1) is 12.8. The van der Waals surface area contributed by atoms with Crippen molar-refractivity contribution >= 4 is 28.4 Å². The number of piperidine rings is 1. The number of benzene rings is 1. The van der Waals surface area contributed by atoms with E-state index in [4.69, 9.17) is 5.73 Å². The first-order valence-electron chi connectivity index (χ1n) is 9.36. The Kier molecular flexibility index (Phi) is 5.26. The van der Waals surface area contributed by atoms with E-state index in [1.165, 1.54) is 11.6 Å². The van der Waals surface area contributed by atoms with Crippen LogP contribution < -0.4 is 10.6 Å². The van der Waals surface area contributed by atoms with Gasteiger partial charge >= 0.3 is 0 Å². The lowest BCUT2D eigenvalue weighted by atomic mass is 9.99. The smallest absolute Gasteiger partial charge is 0.246 e. The number of aromatic amines is 1. The van der Waals surface area contributed by atoms with Crippen molar-refractivity contribution in [3.63, 3.8) is 0 Å². The fourth-order valence-corrected chi connectivity index (χ4v) is 4.04. The van der Waals surface area contributed by atoms with E-state index in [0.717, 1.165) is 53.8 Å². The Morgan fingerprint density at radius 3 is 2.81 bits per heavy atom. The molecule has 6 heteroatoms. The summed E-state index contributed by atoms with van der Waals surface area (Å²) in [6, 6.07) is 4.23. The number of carbonyl (C=O) groups excluding carboxylic acids is 2. The first kappa shape index (κ1) is 19.0. The summed E-state index contributed by atoms with van der Waals surface area (Å²) in [5, 5.41) is 1.14. The Hall–Kier alpha value is -2.76. The van der Waals surface area contributed by atoms with Crippen molar-refractivity contribution in [1.82, 2.24) is 9.88 Å². The van der Waals surface area contributed by atoms with Crippen molar-refractivity contribution in [2.45, 2.75) is 39.2 Å². The minimum absolute atomic E-state index is 0.0440. The molecule has 0 bridgehead atoms. The van der Waals surface area contributed by atoms with E-state index in [9.17, 15) is 9.59 Å². The molecule has 1 aliphatic rings. The number of likely N-dealkylation sites (N-methyl/N-ethyl adjacent to an activating group) is 1. The van der Waals surface area contributed by atoms with Gasteiger partial charge in [-0.1, -0.05) is 12.6 Å². The monoisotopic (exact) mass is 368 g/mol. The number of anilines is 1. The molecule has 1 aromatic carbocycles. The second-order valence-electron chi connectivity index (χ2n) is 7.41. The number of hydrogen-bond acceptors (Lipinski definition) is 3. The van der Waals surface area contributed by atoms with Crippen LogP contribution in [0.5, 0.6) is 0 Å². The summed E-state index contributed by atoms with van der Waals surface area (Å²) in [6.07, 6.45) is 3.60. The second-order valence-corrected chi connectivity index (χ2v) is 7.41. The number of rotatable bonds is 5. The molecule has 0 saturated carbocycles. The molecule has 2 amide bonds. The summed E-state index contributed by atoms with van der Waals surface area (Å²) < 4.78 is 0. The fourth-order valence-electron chi connectivity index (χ4n) is 4.04. The predicted molar refractivity (Wildman–Crippen MR) is 109 cm³/mol. The number of nitrogens with two attached hydrogens (primary N) is 1. The number of nitrogens with zero attached hydrogens (tertiary/aromatic N) is 2. The van der Waals surface area contributed by atoms with Gasteiger partial charge in [0.05, 0.1) is 11.9 Å². The van der Waals surface area contributed by atoms with Gasteiger partial charge in [-0.05, 0) is 50.0 Å². The van der Waals surface area contributed by atoms with Crippen LogP contribution in [0.2, 0.25) is 0 Å². The van der Waals surface area contributed by atoms with E-state index in [1.54, 1.807) is 4.90 Å². The van der Waals surface area contributed by atoms with Crippen LogP contribution in [0.1, 0.15) is 29.7 Å². The number of amides is 2. The Morgan fingerprint density at radius 2 is 2.15 bits per heavy atom. The molecule has 1 saturated heterocycles. The maximum absolute atomic E-state index is 12.0. The third kappa shape index (κ3) is 3.56. The van der Waals surface area contributed by atoms with Gasteiger partial charge in [-0.25, -0.2) is 0 Å². The van der Waals surface area contributed by atoms with E-state index in [0.29, 0.717) is 0 Å². The minimum atomic E-state index is -0.337. The average molecular weight is 368 g/mol. The van der Waals surface area contributed by atoms with Crippen LogP contribution in [0.3, 0.4) is 0 Å². The van der Waals surface area contributed by atoms with Gasteiger partial charge in [0.2, 0.25) is 11.8 Å². The van der Waals surface area contributed by atoms with E-state index >= 15 is 0 Å². The third-order valence-electron chi connectivity index (χ3n) is 5.69. The van der Waals surface area contributed by atoms with Crippen molar-refractivity contribution in [1.29, 1.82) is 0 Å². The summed E-state index contributed by atoms with van der Waals surface area (Å²) in [6.45, 7) is 9.46. The molecular formula is C21H28N4O2. The zero-order valence-electron chi connectivity index (χ0n) is 16.3. The van der Waals surface area contributed by atoms with Crippen LogP contribution >= 0.6 is 0 Å². The van der Waals surface area contributed by atoms with Crippen molar-refractivity contribution < 1.29 is 9.59 Å². The van der Waals surface area contributed by atoms with Gasteiger partial charge in [0.15, 0.2) is 0 Å². The number of primary amides is 1. The van der Waals surface area contributed by atoms with Crippen LogP contribution in [0.15, 0.2) is 24.8 Å². The molecular weight excluding hydrogens is 340 g/mol. The summed E-state index contributed by atoms with van der Waals surface area (Å²) in [5.74, 6) is -0.381. The summed E-state index contributed by atoms with van der Waals surface area (Å²) in [7, 11) is 1.84. The lowest BCUT2D eigenvalue weighted by Crippen LogP contribution is -2.48. The highest BCUT2D eigenvalue weighted by atomic mass is 16.2. The van der Waals surface area contributed by atoms with Gasteiger partial charge in [-0.15, -0.1) is 0 Å². The quantitative estimate of drug-likeness (QED) is 0.795. The van der Waals surface area contributed by atoms with Crippen LogP contribution in [-0.2, 0) is 16.0 Å². The predicted octanol–water partition coefficient (Wildman–Crippen LogP) is 2.43. The zero-order chi connectivity index (χ0) is 19.7. The van der Waals surface area contributed by atoms with Gasteiger partial charge in [0.25, 0.3) is 0 Å². The van der Waals surface area contributed by atoms with Crippen LogP contribution in [0.25, 0.3) is 10.9 Å². The highest BCUT2D eigenvalue weighted by Gasteiger charge is 2.27.